The Bertz CT molecular complexity index is 1790. The van der Waals surface area contributed by atoms with Crippen LogP contribution in [-0.2, 0) is 26.8 Å². The first kappa shape index (κ1) is 36.0. The number of aryl methyl sites for hydroxylation is 1. The Labute approximate surface area is 290 Å². The highest BCUT2D eigenvalue weighted by atomic mass is 35.5. The molecule has 4 aromatic rings. The van der Waals surface area contributed by atoms with Gasteiger partial charge >= 0.3 is 0 Å². The minimum Gasteiger partial charge on any atom is -0.383 e. The normalized spacial score (nSPS) is 16.4. The van der Waals surface area contributed by atoms with Gasteiger partial charge in [0.15, 0.2) is 0 Å². The van der Waals surface area contributed by atoms with Crippen molar-refractivity contribution in [2.75, 3.05) is 26.9 Å². The smallest absolute Gasteiger partial charge is 0.270 e. The summed E-state index contributed by atoms with van der Waals surface area (Å²) >= 11 is 6.73. The van der Waals surface area contributed by atoms with Gasteiger partial charge in [-0.25, -0.2) is 9.37 Å². The van der Waals surface area contributed by atoms with Gasteiger partial charge in [0, 0.05) is 37.8 Å². The number of halogens is 2. The highest BCUT2D eigenvalue weighted by Crippen LogP contribution is 2.40. The maximum atomic E-state index is 14.0. The summed E-state index contributed by atoms with van der Waals surface area (Å²) < 4.78 is 19.9. The fourth-order valence-corrected chi connectivity index (χ4v) is 6.91. The number of hydrogen-bond donors (Lipinski definition) is 4. The largest absolute Gasteiger partial charge is 0.383 e. The van der Waals surface area contributed by atoms with Crippen LogP contribution in [0.3, 0.4) is 0 Å². The Kier molecular flexibility index (Phi) is 11.4. The van der Waals surface area contributed by atoms with Gasteiger partial charge < -0.3 is 25.7 Å². The molecule has 0 bridgehead atoms. The van der Waals surface area contributed by atoms with Gasteiger partial charge in [-0.3, -0.25) is 19.1 Å². The van der Waals surface area contributed by atoms with Gasteiger partial charge in [0.2, 0.25) is 11.8 Å². The third-order valence-electron chi connectivity index (χ3n) is 9.63. The number of ether oxygens (including phenoxy) is 1. The fraction of sp³-hybridized carbons (Fsp3) is 0.472. The number of H-pyrrole nitrogens is 1. The van der Waals surface area contributed by atoms with Crippen molar-refractivity contribution in [3.05, 3.63) is 82.4 Å². The number of amides is 3. The van der Waals surface area contributed by atoms with Crippen LogP contribution < -0.4 is 16.0 Å². The summed E-state index contributed by atoms with van der Waals surface area (Å²) in [6.07, 6.45) is 4.15. The lowest BCUT2D eigenvalue weighted by atomic mass is 9.77. The number of methoxy groups -OCH3 is 1. The fourth-order valence-electron chi connectivity index (χ4n) is 6.65. The number of benzene rings is 2. The summed E-state index contributed by atoms with van der Waals surface area (Å²) in [7, 11) is 3.23. The van der Waals surface area contributed by atoms with Crippen LogP contribution in [-0.4, -0.2) is 70.4 Å². The van der Waals surface area contributed by atoms with E-state index in [9.17, 15) is 18.8 Å². The van der Waals surface area contributed by atoms with Crippen molar-refractivity contribution in [1.82, 2.24) is 35.7 Å². The number of aromatic amines is 1. The van der Waals surface area contributed by atoms with Crippen LogP contribution in [0.1, 0.15) is 79.4 Å². The summed E-state index contributed by atoms with van der Waals surface area (Å²) in [5.74, 6) is -0.790. The van der Waals surface area contributed by atoms with Crippen molar-refractivity contribution in [3.63, 3.8) is 0 Å². The van der Waals surface area contributed by atoms with Crippen molar-refractivity contribution in [1.29, 1.82) is 0 Å². The highest BCUT2D eigenvalue weighted by Gasteiger charge is 2.41. The van der Waals surface area contributed by atoms with E-state index in [1.54, 1.807) is 26.2 Å². The van der Waals surface area contributed by atoms with E-state index >= 15 is 0 Å². The number of rotatable bonds is 15. The lowest BCUT2D eigenvalue weighted by Crippen LogP contribution is -2.57. The van der Waals surface area contributed by atoms with Crippen molar-refractivity contribution < 1.29 is 23.5 Å². The zero-order valence-electron chi connectivity index (χ0n) is 28.6. The van der Waals surface area contributed by atoms with Crippen LogP contribution in [0.4, 0.5) is 4.39 Å². The van der Waals surface area contributed by atoms with Gasteiger partial charge in [0.05, 0.1) is 29.1 Å². The van der Waals surface area contributed by atoms with Gasteiger partial charge in [-0.05, 0) is 67.0 Å². The standard InChI is InChI=1S/C36H45ClFN7O4/c1-21(2)29(24-11-6-7-12-25(24)37)31(43-33(46)28-15-17-40-45(28)4)32-41-26-14-13-23(19-27(26)42-32)36(3,20-49-5)35(48)44-30(22-9-8-10-22)34(47)39-18-16-38/h6-7,11-15,17,19,21-22,29-31H,8-10,16,18,20H2,1-5H3,(H,39,47)(H,41,42)(H,43,46)(H,44,48)/t29-,30+,31-,36?/m0/s1. The van der Waals surface area contributed by atoms with Gasteiger partial charge in [0.1, 0.15) is 24.2 Å². The maximum Gasteiger partial charge on any atom is 0.270 e. The number of fused-ring (bicyclic) bond motifs is 1. The van der Waals surface area contributed by atoms with Crippen molar-refractivity contribution >= 4 is 40.4 Å². The predicted octanol–water partition coefficient (Wildman–Crippen LogP) is 5.14. The topological polar surface area (TPSA) is 143 Å². The molecule has 1 fully saturated rings. The molecule has 5 rings (SSSR count). The number of aromatic nitrogens is 4. The Morgan fingerprint density at radius 2 is 1.90 bits per heavy atom. The lowest BCUT2D eigenvalue weighted by Gasteiger charge is -2.36. The Morgan fingerprint density at radius 1 is 1.14 bits per heavy atom. The summed E-state index contributed by atoms with van der Waals surface area (Å²) in [5, 5.41) is 13.5. The highest BCUT2D eigenvalue weighted by molar-refractivity contribution is 6.31. The molecule has 4 N–H and O–H groups in total. The molecular formula is C36H45ClFN7O4. The second-order valence-corrected chi connectivity index (χ2v) is 13.7. The summed E-state index contributed by atoms with van der Waals surface area (Å²) in [4.78, 5) is 49.0. The number of nitrogens with zero attached hydrogens (tertiary/aromatic N) is 3. The first-order valence-electron chi connectivity index (χ1n) is 16.7. The quantitative estimate of drug-likeness (QED) is 0.136. The minimum atomic E-state index is -1.18. The molecule has 1 unspecified atom stereocenters. The van der Waals surface area contributed by atoms with Crippen molar-refractivity contribution in [2.24, 2.45) is 18.9 Å². The van der Waals surface area contributed by atoms with Crippen LogP contribution >= 0.6 is 11.6 Å². The number of carbonyl (C=O) groups is 3. The molecule has 1 aliphatic carbocycles. The first-order valence-corrected chi connectivity index (χ1v) is 17.0. The molecule has 2 heterocycles. The van der Waals surface area contributed by atoms with Crippen LogP contribution in [0.5, 0.6) is 0 Å². The second kappa shape index (κ2) is 15.5. The molecule has 262 valence electrons. The summed E-state index contributed by atoms with van der Waals surface area (Å²) in [5.41, 5.74) is 2.02. The second-order valence-electron chi connectivity index (χ2n) is 13.3. The molecule has 1 saturated carbocycles. The predicted molar refractivity (Wildman–Crippen MR) is 186 cm³/mol. The Morgan fingerprint density at radius 3 is 2.51 bits per heavy atom. The van der Waals surface area contributed by atoms with Gasteiger partial charge in [-0.1, -0.05) is 56.1 Å². The van der Waals surface area contributed by atoms with Crippen LogP contribution in [0.2, 0.25) is 5.02 Å². The zero-order chi connectivity index (χ0) is 35.3. The molecule has 0 radical (unpaired) electrons. The molecule has 3 amide bonds. The number of alkyl halides is 1. The van der Waals surface area contributed by atoms with E-state index in [2.05, 4.69) is 39.9 Å². The van der Waals surface area contributed by atoms with Crippen LogP contribution in [0.25, 0.3) is 11.0 Å². The molecule has 2 aromatic heterocycles. The number of nitrogens with one attached hydrogen (secondary N) is 4. The van der Waals surface area contributed by atoms with E-state index in [-0.39, 0.29) is 48.6 Å². The van der Waals surface area contributed by atoms with E-state index in [0.29, 0.717) is 33.1 Å². The monoisotopic (exact) mass is 693 g/mol. The third kappa shape index (κ3) is 7.65. The maximum absolute atomic E-state index is 14.0. The van der Waals surface area contributed by atoms with E-state index in [4.69, 9.17) is 21.3 Å². The van der Waals surface area contributed by atoms with Gasteiger partial charge in [-0.2, -0.15) is 5.10 Å². The number of imidazole rings is 1. The molecule has 0 saturated heterocycles. The minimum absolute atomic E-state index is 0.0153. The Balaban J connectivity index is 1.52. The van der Waals surface area contributed by atoms with Crippen LogP contribution in [0, 0.1) is 11.8 Å². The summed E-state index contributed by atoms with van der Waals surface area (Å²) in [6.45, 7) is 5.16. The molecule has 1 aliphatic rings. The summed E-state index contributed by atoms with van der Waals surface area (Å²) in [6, 6.07) is 13.3. The van der Waals surface area contributed by atoms with E-state index < -0.39 is 24.2 Å². The van der Waals surface area contributed by atoms with E-state index in [0.717, 1.165) is 24.8 Å². The molecule has 4 atom stereocenters. The zero-order valence-corrected chi connectivity index (χ0v) is 29.3. The number of hydrogen-bond acceptors (Lipinski definition) is 6. The molecule has 0 spiro atoms. The first-order chi connectivity index (χ1) is 23.5. The average molecular weight is 694 g/mol. The van der Waals surface area contributed by atoms with Crippen LogP contribution in [0.15, 0.2) is 54.7 Å². The van der Waals surface area contributed by atoms with Crippen molar-refractivity contribution in [3.8, 4) is 0 Å². The van der Waals surface area contributed by atoms with E-state index in [1.165, 1.54) is 11.8 Å². The van der Waals surface area contributed by atoms with E-state index in [1.807, 2.05) is 42.5 Å². The molecule has 11 nitrogen and oxygen atoms in total. The molecule has 13 heteroatoms. The molecule has 49 heavy (non-hydrogen) atoms. The molecule has 2 aromatic carbocycles. The third-order valence-corrected chi connectivity index (χ3v) is 9.98. The Hall–Kier alpha value is -4.29. The molecular weight excluding hydrogens is 649 g/mol. The van der Waals surface area contributed by atoms with Gasteiger partial charge in [-0.15, -0.1) is 0 Å². The average Bonchev–Trinajstić information content (AvgIpc) is 3.68. The SMILES string of the molecule is COCC(C)(C(=O)N[C@@H](C(=O)NCCF)C1CCC1)c1ccc2nc([C@@H](NC(=O)c3ccnn3C)[C@H](c3ccccc3Cl)C(C)C)[nH]c2c1. The molecule has 0 aliphatic heterocycles. The van der Waals surface area contributed by atoms with Crippen molar-refractivity contribution in [2.45, 2.75) is 63.5 Å². The van der Waals surface area contributed by atoms with Gasteiger partial charge in [0.25, 0.3) is 5.91 Å². The lowest BCUT2D eigenvalue weighted by molar-refractivity contribution is -0.135. The number of carbonyl (C=O) groups excluding carboxylic acids is 3.